The highest BCUT2D eigenvalue weighted by Gasteiger charge is 2.30. The molecular weight excluding hydrogens is 382 g/mol. The van der Waals surface area contributed by atoms with E-state index in [-0.39, 0.29) is 25.4 Å². The number of aliphatic hydroxyl groups is 2. The van der Waals surface area contributed by atoms with Crippen molar-refractivity contribution < 1.29 is 19.7 Å². The van der Waals surface area contributed by atoms with Crippen LogP contribution in [0.2, 0.25) is 0 Å². The molecule has 0 radical (unpaired) electrons. The first kappa shape index (κ1) is 21.2. The molecule has 0 fully saturated rings. The van der Waals surface area contributed by atoms with Gasteiger partial charge in [-0.2, -0.15) is 10.5 Å². The number of hydrogen-bond acceptors (Lipinski definition) is 7. The Morgan fingerprint density at radius 2 is 1.53 bits per heavy atom. The molecule has 2 N–H and O–H groups in total. The van der Waals surface area contributed by atoms with Crippen LogP contribution in [0.5, 0.6) is 0 Å². The minimum atomic E-state index is -0.508. The minimum Gasteiger partial charge on any atom is -0.461 e. The monoisotopic (exact) mass is 403 g/mol. The van der Waals surface area contributed by atoms with Crippen molar-refractivity contribution >= 4 is 11.5 Å². The number of aliphatic hydroxyl groups excluding tert-OH is 2. The summed E-state index contributed by atoms with van der Waals surface area (Å²) in [5, 5.41) is 37.0. The molecule has 0 atom stereocenters. The topological polar surface area (TPSA) is 118 Å². The summed E-state index contributed by atoms with van der Waals surface area (Å²) in [6.07, 6.45) is 0. The fraction of sp³-hybridized carbons (Fsp3) is 0.261. The molecule has 0 heterocycles. The van der Waals surface area contributed by atoms with E-state index in [1.165, 1.54) is 0 Å². The number of nitrogens with zero attached hydrogens (tertiary/aromatic N) is 3. The molecule has 0 aliphatic heterocycles. The van der Waals surface area contributed by atoms with Gasteiger partial charge in [0, 0.05) is 30.8 Å². The number of fused-ring (bicyclic) bond motifs is 3. The van der Waals surface area contributed by atoms with Gasteiger partial charge in [0.1, 0.15) is 24.3 Å². The maximum absolute atomic E-state index is 12.8. The molecule has 0 spiro atoms. The summed E-state index contributed by atoms with van der Waals surface area (Å²) in [5.41, 5.74) is 3.71. The van der Waals surface area contributed by atoms with Crippen molar-refractivity contribution in [3.8, 4) is 23.3 Å². The summed E-state index contributed by atoms with van der Waals surface area (Å²) in [7, 11) is 0. The van der Waals surface area contributed by atoms with Gasteiger partial charge in [0.05, 0.1) is 18.8 Å². The van der Waals surface area contributed by atoms with Gasteiger partial charge in [-0.05, 0) is 22.8 Å². The van der Waals surface area contributed by atoms with Gasteiger partial charge in [-0.15, -0.1) is 0 Å². The van der Waals surface area contributed by atoms with E-state index in [4.69, 9.17) is 14.9 Å². The number of carbonyl (C=O) groups is 1. The average Bonchev–Trinajstić information content (AvgIpc) is 3.10. The highest BCUT2D eigenvalue weighted by molar-refractivity contribution is 6.10. The Labute approximate surface area is 174 Å². The first-order valence-corrected chi connectivity index (χ1v) is 9.55. The van der Waals surface area contributed by atoms with Crippen molar-refractivity contribution in [2.45, 2.75) is 0 Å². The van der Waals surface area contributed by atoms with Crippen molar-refractivity contribution in [2.24, 2.45) is 0 Å². The lowest BCUT2D eigenvalue weighted by Gasteiger charge is -2.19. The van der Waals surface area contributed by atoms with Crippen LogP contribution in [0.15, 0.2) is 48.0 Å². The smallest absolute Gasteiger partial charge is 0.338 e. The predicted octanol–water partition coefficient (Wildman–Crippen LogP) is 1.96. The van der Waals surface area contributed by atoms with Gasteiger partial charge in [0.15, 0.2) is 0 Å². The fourth-order valence-corrected chi connectivity index (χ4v) is 3.65. The van der Waals surface area contributed by atoms with Crippen molar-refractivity contribution in [1.82, 2.24) is 4.90 Å². The summed E-state index contributed by atoms with van der Waals surface area (Å²) in [5.74, 6) is -0.508. The third-order valence-corrected chi connectivity index (χ3v) is 4.97. The lowest BCUT2D eigenvalue weighted by molar-refractivity contribution is 0.0444. The Hall–Kier alpha value is -3.49. The molecule has 0 aromatic heterocycles. The molecule has 0 bridgehead atoms. The van der Waals surface area contributed by atoms with Crippen molar-refractivity contribution in [1.29, 1.82) is 10.5 Å². The van der Waals surface area contributed by atoms with Crippen LogP contribution in [0, 0.1) is 22.7 Å². The highest BCUT2D eigenvalue weighted by atomic mass is 16.5. The summed E-state index contributed by atoms with van der Waals surface area (Å²) >= 11 is 0. The zero-order valence-corrected chi connectivity index (χ0v) is 16.3. The standard InChI is InChI=1S/C23H21N3O4/c24-14-16(15-25)21-17-4-1-2-5-18(17)22-19(21)6-3-7-20(22)23(29)30-13-10-26(8-11-27)9-12-28/h1-7,27-28H,8-13H2. The Kier molecular flexibility index (Phi) is 6.95. The van der Waals surface area contributed by atoms with Crippen molar-refractivity contribution in [3.63, 3.8) is 0 Å². The number of allylic oxidation sites excluding steroid dienone is 1. The van der Waals surface area contributed by atoms with E-state index >= 15 is 0 Å². The third kappa shape index (κ3) is 4.10. The zero-order valence-electron chi connectivity index (χ0n) is 16.3. The number of carbonyl (C=O) groups excluding carboxylic acids is 1. The second-order valence-electron chi connectivity index (χ2n) is 6.67. The molecule has 7 nitrogen and oxygen atoms in total. The fourth-order valence-electron chi connectivity index (χ4n) is 3.65. The Bertz CT molecular complexity index is 1040. The van der Waals surface area contributed by atoms with E-state index in [1.807, 2.05) is 36.4 Å². The lowest BCUT2D eigenvalue weighted by Crippen LogP contribution is -2.33. The van der Waals surface area contributed by atoms with Crippen LogP contribution < -0.4 is 0 Å². The van der Waals surface area contributed by atoms with Gasteiger partial charge in [-0.1, -0.05) is 36.4 Å². The largest absolute Gasteiger partial charge is 0.461 e. The summed E-state index contributed by atoms with van der Waals surface area (Å²) in [4.78, 5) is 14.6. The van der Waals surface area contributed by atoms with Gasteiger partial charge in [0.2, 0.25) is 0 Å². The van der Waals surface area contributed by atoms with Gasteiger partial charge in [-0.3, -0.25) is 4.90 Å². The molecule has 30 heavy (non-hydrogen) atoms. The third-order valence-electron chi connectivity index (χ3n) is 4.97. The molecule has 2 aromatic carbocycles. The maximum Gasteiger partial charge on any atom is 0.338 e. The first-order valence-electron chi connectivity index (χ1n) is 9.55. The van der Waals surface area contributed by atoms with Crippen LogP contribution in [0.25, 0.3) is 16.7 Å². The van der Waals surface area contributed by atoms with E-state index in [2.05, 4.69) is 0 Å². The number of benzene rings is 2. The SMILES string of the molecule is N#CC(C#N)=C1c2ccccc2-c2c(C(=O)OCCN(CCO)CCO)cccc21. The van der Waals surface area contributed by atoms with Crippen molar-refractivity contribution in [3.05, 3.63) is 64.7 Å². The Balaban J connectivity index is 1.92. The maximum atomic E-state index is 12.8. The molecule has 152 valence electrons. The summed E-state index contributed by atoms with van der Waals surface area (Å²) < 4.78 is 5.45. The number of rotatable bonds is 8. The molecule has 0 saturated carbocycles. The quantitative estimate of drug-likeness (QED) is 0.436. The summed E-state index contributed by atoms with van der Waals surface area (Å²) in [6, 6.07) is 16.4. The molecule has 2 aromatic rings. The molecule has 3 rings (SSSR count). The highest BCUT2D eigenvalue weighted by Crippen LogP contribution is 2.47. The van der Waals surface area contributed by atoms with E-state index in [9.17, 15) is 15.3 Å². The second-order valence-corrected chi connectivity index (χ2v) is 6.67. The van der Waals surface area contributed by atoms with Crippen LogP contribution >= 0.6 is 0 Å². The molecule has 0 unspecified atom stereocenters. The first-order chi connectivity index (χ1) is 14.7. The van der Waals surface area contributed by atoms with Gasteiger partial charge in [0.25, 0.3) is 0 Å². The van der Waals surface area contributed by atoms with E-state index in [0.29, 0.717) is 41.9 Å². The van der Waals surface area contributed by atoms with E-state index in [1.54, 1.807) is 23.1 Å². The Morgan fingerprint density at radius 3 is 2.17 bits per heavy atom. The number of nitriles is 2. The molecule has 0 saturated heterocycles. The molecular formula is C23H21N3O4. The van der Waals surface area contributed by atoms with Gasteiger partial charge in [-0.25, -0.2) is 4.79 Å². The zero-order chi connectivity index (χ0) is 21.5. The predicted molar refractivity (Wildman–Crippen MR) is 110 cm³/mol. The van der Waals surface area contributed by atoms with Crippen LogP contribution in [0.3, 0.4) is 0 Å². The van der Waals surface area contributed by atoms with Gasteiger partial charge >= 0.3 is 5.97 Å². The van der Waals surface area contributed by atoms with Crippen LogP contribution in [0.4, 0.5) is 0 Å². The average molecular weight is 403 g/mol. The van der Waals surface area contributed by atoms with E-state index < -0.39 is 5.97 Å². The lowest BCUT2D eigenvalue weighted by atomic mass is 9.97. The number of esters is 1. The van der Waals surface area contributed by atoms with Crippen LogP contribution in [-0.2, 0) is 4.74 Å². The molecule has 7 heteroatoms. The summed E-state index contributed by atoms with van der Waals surface area (Å²) in [6.45, 7) is 1.15. The number of hydrogen-bond donors (Lipinski definition) is 2. The molecule has 1 aliphatic rings. The van der Waals surface area contributed by atoms with Crippen LogP contribution in [-0.4, -0.2) is 60.5 Å². The van der Waals surface area contributed by atoms with Gasteiger partial charge < -0.3 is 14.9 Å². The Morgan fingerprint density at radius 1 is 0.900 bits per heavy atom. The van der Waals surface area contributed by atoms with Crippen molar-refractivity contribution in [2.75, 3.05) is 39.5 Å². The molecule has 0 amide bonds. The molecule has 1 aliphatic carbocycles. The number of ether oxygens (including phenoxy) is 1. The van der Waals surface area contributed by atoms with Crippen LogP contribution in [0.1, 0.15) is 21.5 Å². The minimum absolute atomic E-state index is 0.00429. The normalized spacial score (nSPS) is 11.4. The van der Waals surface area contributed by atoms with E-state index in [0.717, 1.165) is 11.1 Å². The second kappa shape index (κ2) is 9.82.